The Hall–Kier alpha value is -1.55. The minimum absolute atomic E-state index is 0.0110. The fourth-order valence-corrected chi connectivity index (χ4v) is 2.76. The second kappa shape index (κ2) is 6.94. The first-order valence-corrected chi connectivity index (χ1v) is 7.72. The zero-order chi connectivity index (χ0) is 15.3. The molecule has 1 atom stereocenters. The molecule has 2 heterocycles. The van der Waals surface area contributed by atoms with Gasteiger partial charge in [-0.3, -0.25) is 9.69 Å². The van der Waals surface area contributed by atoms with Gasteiger partial charge in [-0.1, -0.05) is 6.92 Å². The highest BCUT2D eigenvalue weighted by Gasteiger charge is 2.30. The second-order valence-electron chi connectivity index (χ2n) is 6.57. The highest BCUT2D eigenvalue weighted by Crippen LogP contribution is 2.23. The molecule has 116 valence electrons. The minimum atomic E-state index is -0.0791. The summed E-state index contributed by atoms with van der Waals surface area (Å²) in [5.41, 5.74) is -0.0110. The summed E-state index contributed by atoms with van der Waals surface area (Å²) in [4.78, 5) is 14.4. The van der Waals surface area contributed by atoms with Crippen molar-refractivity contribution in [2.45, 2.75) is 39.2 Å². The van der Waals surface area contributed by atoms with Crippen LogP contribution in [0.1, 0.15) is 39.4 Å². The lowest BCUT2D eigenvalue weighted by Gasteiger charge is -2.43. The van der Waals surface area contributed by atoms with E-state index in [0.717, 1.165) is 19.0 Å². The van der Waals surface area contributed by atoms with E-state index in [-0.39, 0.29) is 11.4 Å². The average Bonchev–Trinajstić information content (AvgIpc) is 2.96. The number of likely N-dealkylation sites (tertiary alicyclic amines) is 1. The van der Waals surface area contributed by atoms with Crippen LogP contribution in [0.5, 0.6) is 0 Å². The van der Waals surface area contributed by atoms with Crippen molar-refractivity contribution in [2.75, 3.05) is 19.6 Å². The van der Waals surface area contributed by atoms with Gasteiger partial charge in [0.25, 0.3) is 0 Å². The molecule has 1 aliphatic rings. The van der Waals surface area contributed by atoms with Gasteiger partial charge in [0.15, 0.2) is 0 Å². The Morgan fingerprint density at radius 2 is 2.38 bits per heavy atom. The predicted octanol–water partition coefficient (Wildman–Crippen LogP) is 2.92. The molecular formula is C17H26N2O2. The van der Waals surface area contributed by atoms with Crippen LogP contribution in [-0.2, 0) is 4.79 Å². The summed E-state index contributed by atoms with van der Waals surface area (Å²) in [6.07, 6.45) is 7.36. The van der Waals surface area contributed by atoms with Gasteiger partial charge in [0.2, 0.25) is 5.91 Å². The summed E-state index contributed by atoms with van der Waals surface area (Å²) in [5, 5.41) is 2.99. The molecule has 0 radical (unpaired) electrons. The Labute approximate surface area is 127 Å². The molecule has 4 nitrogen and oxygen atoms in total. The van der Waals surface area contributed by atoms with Crippen LogP contribution in [0.15, 0.2) is 28.9 Å². The van der Waals surface area contributed by atoms with Gasteiger partial charge in [-0.15, -0.1) is 0 Å². The number of carbonyl (C=O) groups excluding carboxylic acids is 1. The monoisotopic (exact) mass is 290 g/mol. The highest BCUT2D eigenvalue weighted by atomic mass is 16.3. The van der Waals surface area contributed by atoms with E-state index in [9.17, 15) is 4.79 Å². The van der Waals surface area contributed by atoms with Gasteiger partial charge >= 0.3 is 0 Å². The van der Waals surface area contributed by atoms with E-state index in [1.807, 2.05) is 6.07 Å². The molecule has 0 aliphatic carbocycles. The van der Waals surface area contributed by atoms with Crippen molar-refractivity contribution in [2.24, 2.45) is 5.92 Å². The lowest BCUT2D eigenvalue weighted by Crippen LogP contribution is -2.54. The van der Waals surface area contributed by atoms with Crippen LogP contribution >= 0.6 is 0 Å². The standard InChI is InChI=1S/C17H26N2O2/c1-14-6-4-10-19(12-14)17(2,3)13-18-16(20)9-8-15-7-5-11-21-15/h5,7-9,11,14H,4,6,10,12-13H2,1-3H3,(H,18,20)/b9-8+. The number of hydrogen-bond donors (Lipinski definition) is 1. The molecule has 0 saturated carbocycles. The number of rotatable bonds is 5. The van der Waals surface area contributed by atoms with Crippen molar-refractivity contribution in [3.63, 3.8) is 0 Å². The Kier molecular flexibility index (Phi) is 5.23. The quantitative estimate of drug-likeness (QED) is 0.848. The summed E-state index contributed by atoms with van der Waals surface area (Å²) >= 11 is 0. The van der Waals surface area contributed by atoms with Gasteiger partial charge in [-0.2, -0.15) is 0 Å². The number of carbonyl (C=O) groups is 1. The smallest absolute Gasteiger partial charge is 0.244 e. The summed E-state index contributed by atoms with van der Waals surface area (Å²) in [5.74, 6) is 1.35. The van der Waals surface area contributed by atoms with Crippen LogP contribution in [0.25, 0.3) is 6.08 Å². The van der Waals surface area contributed by atoms with Crippen LogP contribution in [0, 0.1) is 5.92 Å². The van der Waals surface area contributed by atoms with Crippen molar-refractivity contribution < 1.29 is 9.21 Å². The first-order valence-electron chi connectivity index (χ1n) is 7.72. The number of furan rings is 1. The minimum Gasteiger partial charge on any atom is -0.465 e. The number of hydrogen-bond acceptors (Lipinski definition) is 3. The molecule has 1 saturated heterocycles. The molecule has 2 rings (SSSR count). The van der Waals surface area contributed by atoms with Gasteiger partial charge in [0, 0.05) is 24.7 Å². The fraction of sp³-hybridized carbons (Fsp3) is 0.588. The van der Waals surface area contributed by atoms with Crippen LogP contribution in [0.2, 0.25) is 0 Å². The lowest BCUT2D eigenvalue weighted by molar-refractivity contribution is -0.117. The van der Waals surface area contributed by atoms with E-state index in [1.54, 1.807) is 18.4 Å². The maximum Gasteiger partial charge on any atom is 0.244 e. The van der Waals surface area contributed by atoms with Crippen molar-refractivity contribution in [3.8, 4) is 0 Å². The van der Waals surface area contributed by atoms with Crippen molar-refractivity contribution in [1.82, 2.24) is 10.2 Å². The number of amides is 1. The van der Waals surface area contributed by atoms with E-state index in [0.29, 0.717) is 12.3 Å². The molecular weight excluding hydrogens is 264 g/mol. The van der Waals surface area contributed by atoms with Gasteiger partial charge in [0.1, 0.15) is 5.76 Å². The third-order valence-electron chi connectivity index (χ3n) is 4.15. The lowest BCUT2D eigenvalue weighted by atomic mass is 9.93. The van der Waals surface area contributed by atoms with Crippen molar-refractivity contribution in [1.29, 1.82) is 0 Å². The van der Waals surface area contributed by atoms with E-state index in [2.05, 4.69) is 31.0 Å². The van der Waals surface area contributed by atoms with E-state index >= 15 is 0 Å². The Bertz CT molecular complexity index is 477. The van der Waals surface area contributed by atoms with Gasteiger partial charge in [-0.25, -0.2) is 0 Å². The fourth-order valence-electron chi connectivity index (χ4n) is 2.76. The van der Waals surface area contributed by atoms with Crippen LogP contribution < -0.4 is 5.32 Å². The SMILES string of the molecule is CC1CCCN(C(C)(C)CNC(=O)/C=C/c2ccco2)C1. The molecule has 1 N–H and O–H groups in total. The summed E-state index contributed by atoms with van der Waals surface area (Å²) < 4.78 is 5.16. The Morgan fingerprint density at radius 1 is 1.57 bits per heavy atom. The summed E-state index contributed by atoms with van der Waals surface area (Å²) in [6, 6.07) is 3.63. The first-order chi connectivity index (χ1) is 9.97. The van der Waals surface area contributed by atoms with Crippen molar-refractivity contribution in [3.05, 3.63) is 30.2 Å². The van der Waals surface area contributed by atoms with Gasteiger partial charge in [-0.05, 0) is 57.4 Å². The molecule has 21 heavy (non-hydrogen) atoms. The van der Waals surface area contributed by atoms with Gasteiger partial charge in [0.05, 0.1) is 6.26 Å². The van der Waals surface area contributed by atoms with E-state index < -0.39 is 0 Å². The van der Waals surface area contributed by atoms with E-state index in [1.165, 1.54) is 18.9 Å². The van der Waals surface area contributed by atoms with Crippen LogP contribution in [-0.4, -0.2) is 36.0 Å². The normalized spacial score (nSPS) is 20.8. The highest BCUT2D eigenvalue weighted by molar-refractivity contribution is 5.91. The molecule has 1 unspecified atom stereocenters. The summed E-state index contributed by atoms with van der Waals surface area (Å²) in [6.45, 7) is 9.58. The molecule has 0 aromatic carbocycles. The topological polar surface area (TPSA) is 45.5 Å². The molecule has 1 amide bonds. The Balaban J connectivity index is 1.81. The summed E-state index contributed by atoms with van der Waals surface area (Å²) in [7, 11) is 0. The van der Waals surface area contributed by atoms with Crippen LogP contribution in [0.4, 0.5) is 0 Å². The molecule has 0 spiro atoms. The van der Waals surface area contributed by atoms with Gasteiger partial charge < -0.3 is 9.73 Å². The largest absolute Gasteiger partial charge is 0.465 e. The van der Waals surface area contributed by atoms with Crippen molar-refractivity contribution >= 4 is 12.0 Å². The first kappa shape index (κ1) is 15.8. The molecule has 1 aromatic rings. The number of piperidine rings is 1. The second-order valence-corrected chi connectivity index (χ2v) is 6.57. The molecule has 0 bridgehead atoms. The zero-order valence-corrected chi connectivity index (χ0v) is 13.3. The third kappa shape index (κ3) is 4.74. The maximum atomic E-state index is 11.9. The number of nitrogens with zero attached hydrogens (tertiary/aromatic N) is 1. The predicted molar refractivity (Wildman–Crippen MR) is 84.8 cm³/mol. The molecule has 1 aromatic heterocycles. The zero-order valence-electron chi connectivity index (χ0n) is 13.3. The Morgan fingerprint density at radius 3 is 3.05 bits per heavy atom. The maximum absolute atomic E-state index is 11.9. The molecule has 4 heteroatoms. The molecule has 1 fully saturated rings. The average molecular weight is 290 g/mol. The number of nitrogens with one attached hydrogen (secondary N) is 1. The third-order valence-corrected chi connectivity index (χ3v) is 4.15. The van der Waals surface area contributed by atoms with Crippen LogP contribution in [0.3, 0.4) is 0 Å². The van der Waals surface area contributed by atoms with E-state index in [4.69, 9.17) is 4.42 Å². The molecule has 1 aliphatic heterocycles.